The number of aromatic nitrogens is 2. The molecule has 0 spiro atoms. The van der Waals surface area contributed by atoms with Crippen molar-refractivity contribution in [1.82, 2.24) is 14.6 Å². The number of hydrogen-bond donors (Lipinski definition) is 3. The van der Waals surface area contributed by atoms with Crippen molar-refractivity contribution in [2.45, 2.75) is 63.9 Å². The molecule has 1 fully saturated rings. The Labute approximate surface area is 235 Å². The third kappa shape index (κ3) is 6.68. The number of nitrogens with two attached hydrogens (primary N) is 1. The molecule has 0 radical (unpaired) electrons. The highest BCUT2D eigenvalue weighted by Gasteiger charge is 2.55. The number of aliphatic hydroxyl groups excluding tert-OH is 1. The van der Waals surface area contributed by atoms with E-state index in [0.717, 1.165) is 22.3 Å². The van der Waals surface area contributed by atoms with Crippen molar-refractivity contribution >= 4 is 41.0 Å². The summed E-state index contributed by atoms with van der Waals surface area (Å²) in [6, 6.07) is 13.4. The zero-order valence-corrected chi connectivity index (χ0v) is 24.1. The molecule has 1 unspecified atom stereocenters. The van der Waals surface area contributed by atoms with Gasteiger partial charge in [0.2, 0.25) is 0 Å². The normalized spacial score (nSPS) is 25.0. The van der Waals surface area contributed by atoms with Gasteiger partial charge >= 0.3 is 18.3 Å². The summed E-state index contributed by atoms with van der Waals surface area (Å²) in [5.41, 5.74) is 2.30. The van der Waals surface area contributed by atoms with Gasteiger partial charge in [0.15, 0.2) is 11.9 Å². The Bertz CT molecular complexity index is 1490. The second kappa shape index (κ2) is 11.9. The van der Waals surface area contributed by atoms with Crippen molar-refractivity contribution in [3.63, 3.8) is 0 Å². The molecule has 0 amide bonds. The molecule has 4 rings (SSSR count). The highest BCUT2D eigenvalue weighted by molar-refractivity contribution is 8.09. The minimum absolute atomic E-state index is 0.0389. The van der Waals surface area contributed by atoms with Gasteiger partial charge in [-0.15, -0.1) is 0 Å². The number of rotatable bonds is 10. The summed E-state index contributed by atoms with van der Waals surface area (Å²) < 4.78 is 39.6. The van der Waals surface area contributed by atoms with Crippen LogP contribution in [0.2, 0.25) is 0 Å². The van der Waals surface area contributed by atoms with Crippen molar-refractivity contribution in [1.29, 1.82) is 0 Å². The van der Waals surface area contributed by atoms with Crippen LogP contribution in [0.5, 0.6) is 5.75 Å². The Morgan fingerprint density at radius 1 is 1.27 bits per heavy atom. The number of aliphatic hydroxyl groups is 1. The number of nitrogens with one attached hydrogen (secondary N) is 1. The number of esters is 1. The second-order valence-corrected chi connectivity index (χ2v) is 13.0. The molecule has 0 aliphatic carbocycles. The molecule has 3 aromatic rings. The molecular formula is C26H32FN4O7PS. The molecule has 1 aliphatic heterocycles. The maximum absolute atomic E-state index is 15.7. The highest BCUT2D eigenvalue weighted by Crippen LogP contribution is 2.48. The van der Waals surface area contributed by atoms with Gasteiger partial charge in [-0.05, 0) is 68.5 Å². The number of benzene rings is 2. The van der Waals surface area contributed by atoms with E-state index in [9.17, 15) is 14.7 Å². The average Bonchev–Trinajstić information content (AvgIpc) is 3.10. The fourth-order valence-corrected chi connectivity index (χ4v) is 6.61. The van der Waals surface area contributed by atoms with E-state index in [1.807, 2.05) is 30.3 Å². The van der Waals surface area contributed by atoms with Crippen molar-refractivity contribution in [2.24, 2.45) is 0 Å². The predicted octanol–water partition coefficient (Wildman–Crippen LogP) is 3.22. The lowest BCUT2D eigenvalue weighted by molar-refractivity contribution is -0.149. The number of fused-ring (bicyclic) bond motifs is 1. The SMILES string of the molecule is CC(C)OC(=O)[C@H](C)NP(=S)(OC[C@H]1O[C@@H](n2ccc(N)nc2=O)[C@](C)(F)[C@@H]1O)Oc1ccc2ccccc2c1. The molecule has 2 heterocycles. The summed E-state index contributed by atoms with van der Waals surface area (Å²) in [7, 11) is 0. The summed E-state index contributed by atoms with van der Waals surface area (Å²) in [6.07, 6.45) is -3.57. The van der Waals surface area contributed by atoms with Crippen molar-refractivity contribution in [3.8, 4) is 5.75 Å². The van der Waals surface area contributed by atoms with E-state index in [-0.39, 0.29) is 11.9 Å². The first-order valence-corrected chi connectivity index (χ1v) is 15.2. The fraction of sp³-hybridized carbons (Fsp3) is 0.423. The van der Waals surface area contributed by atoms with Gasteiger partial charge < -0.3 is 29.4 Å². The van der Waals surface area contributed by atoms with Crippen LogP contribution >= 0.6 is 6.64 Å². The van der Waals surface area contributed by atoms with Gasteiger partial charge in [-0.1, -0.05) is 30.3 Å². The summed E-state index contributed by atoms with van der Waals surface area (Å²) in [5.74, 6) is -0.235. The van der Waals surface area contributed by atoms with Gasteiger partial charge in [-0.3, -0.25) is 9.36 Å². The number of carbonyl (C=O) groups is 1. The second-order valence-electron chi connectivity index (χ2n) is 9.90. The maximum Gasteiger partial charge on any atom is 0.351 e. The molecule has 0 saturated carbocycles. The zero-order valence-electron chi connectivity index (χ0n) is 22.4. The number of ether oxygens (including phenoxy) is 2. The molecule has 1 saturated heterocycles. The Morgan fingerprint density at radius 3 is 2.65 bits per heavy atom. The molecule has 14 heteroatoms. The molecule has 11 nitrogen and oxygen atoms in total. The summed E-state index contributed by atoms with van der Waals surface area (Å²) in [4.78, 5) is 28.5. The van der Waals surface area contributed by atoms with Crippen LogP contribution in [0.15, 0.2) is 59.5 Å². The summed E-state index contributed by atoms with van der Waals surface area (Å²) >= 11 is 5.74. The maximum atomic E-state index is 15.7. The Kier molecular flexibility index (Phi) is 8.93. The van der Waals surface area contributed by atoms with E-state index in [0.29, 0.717) is 5.75 Å². The van der Waals surface area contributed by atoms with Crippen LogP contribution in [0.25, 0.3) is 10.8 Å². The average molecular weight is 595 g/mol. The molecule has 0 bridgehead atoms. The number of halogens is 1. The van der Waals surface area contributed by atoms with Crippen molar-refractivity contribution < 1.29 is 32.8 Å². The van der Waals surface area contributed by atoms with E-state index in [2.05, 4.69) is 10.1 Å². The molecule has 6 atom stereocenters. The zero-order chi connectivity index (χ0) is 29.2. The number of alkyl halides is 1. The Hall–Kier alpha value is -2.93. The lowest BCUT2D eigenvalue weighted by Crippen LogP contribution is -2.43. The molecule has 2 aromatic carbocycles. The van der Waals surface area contributed by atoms with Gasteiger partial charge in [0.05, 0.1) is 12.7 Å². The van der Waals surface area contributed by atoms with Crippen LogP contribution in [0.4, 0.5) is 10.2 Å². The number of nitrogen functional groups attached to an aromatic ring is 1. The van der Waals surface area contributed by atoms with Crippen LogP contribution in [-0.2, 0) is 30.6 Å². The summed E-state index contributed by atoms with van der Waals surface area (Å²) in [5, 5.41) is 15.6. The first kappa shape index (κ1) is 30.0. The smallest absolute Gasteiger partial charge is 0.351 e. The fourth-order valence-electron chi connectivity index (χ4n) is 4.20. The standard InChI is InChI=1S/C26H32FN4O7PS/c1-15(2)36-23(33)16(3)30-39(40,38-19-10-9-17-7-5-6-8-18(17)13-19)35-14-20-22(32)26(4,27)24(37-20)31-12-11-21(28)29-25(31)34/h5-13,15-16,20,22,24,32H,14H2,1-4H3,(H,30,40)(H2,28,29,34)/t16-,20+,22+,24+,26+,39?/m0/s1. The topological polar surface area (TPSA) is 147 Å². The van der Waals surface area contributed by atoms with E-state index in [4.69, 9.17) is 36.1 Å². The molecule has 216 valence electrons. The third-order valence-corrected chi connectivity index (χ3v) is 8.73. The van der Waals surface area contributed by atoms with Crippen molar-refractivity contribution in [2.75, 3.05) is 12.3 Å². The Balaban J connectivity index is 1.57. The molecule has 1 aromatic heterocycles. The van der Waals surface area contributed by atoms with Gasteiger partial charge in [-0.25, -0.2) is 14.3 Å². The van der Waals surface area contributed by atoms with Crippen LogP contribution in [0.3, 0.4) is 0 Å². The number of nitrogens with zero attached hydrogens (tertiary/aromatic N) is 2. The first-order valence-electron chi connectivity index (χ1n) is 12.6. The largest absolute Gasteiger partial charge is 0.462 e. The predicted molar refractivity (Wildman–Crippen MR) is 151 cm³/mol. The van der Waals surface area contributed by atoms with E-state index in [1.54, 1.807) is 32.9 Å². The van der Waals surface area contributed by atoms with Crippen molar-refractivity contribution in [3.05, 3.63) is 65.2 Å². The van der Waals surface area contributed by atoms with E-state index < -0.39 is 55.1 Å². The highest BCUT2D eigenvalue weighted by atomic mass is 32.5. The summed E-state index contributed by atoms with van der Waals surface area (Å²) in [6.45, 7) is 2.14. The van der Waals surface area contributed by atoms with Crippen LogP contribution < -0.4 is 21.0 Å². The molecule has 4 N–H and O–H groups in total. The quantitative estimate of drug-likeness (QED) is 0.235. The third-order valence-electron chi connectivity index (χ3n) is 6.23. The number of carbonyl (C=O) groups excluding carboxylic acids is 1. The van der Waals surface area contributed by atoms with E-state index in [1.165, 1.54) is 12.3 Å². The van der Waals surface area contributed by atoms with Gasteiger partial charge in [0.1, 0.15) is 29.8 Å². The van der Waals surface area contributed by atoms with Crippen LogP contribution in [0.1, 0.15) is 33.9 Å². The Morgan fingerprint density at radius 2 is 1.98 bits per heavy atom. The van der Waals surface area contributed by atoms with Gasteiger partial charge in [-0.2, -0.15) is 4.98 Å². The molecule has 40 heavy (non-hydrogen) atoms. The van der Waals surface area contributed by atoms with Crippen LogP contribution in [0, 0.1) is 0 Å². The van der Waals surface area contributed by atoms with Crippen LogP contribution in [-0.4, -0.2) is 57.3 Å². The number of anilines is 1. The number of hydrogen-bond acceptors (Lipinski definition) is 10. The van der Waals surface area contributed by atoms with Gasteiger partial charge in [0.25, 0.3) is 0 Å². The van der Waals surface area contributed by atoms with E-state index >= 15 is 4.39 Å². The molecule has 1 aliphatic rings. The minimum atomic E-state index is -3.53. The lowest BCUT2D eigenvalue weighted by Gasteiger charge is -2.28. The minimum Gasteiger partial charge on any atom is -0.462 e. The first-order chi connectivity index (χ1) is 18.8. The molecular weight excluding hydrogens is 562 g/mol. The van der Waals surface area contributed by atoms with Gasteiger partial charge in [0, 0.05) is 6.20 Å². The monoisotopic (exact) mass is 594 g/mol. The lowest BCUT2D eigenvalue weighted by atomic mass is 9.98.